The predicted molar refractivity (Wildman–Crippen MR) is 106 cm³/mol. The molecule has 0 radical (unpaired) electrons. The lowest BCUT2D eigenvalue weighted by molar-refractivity contribution is 0.0998. The summed E-state index contributed by atoms with van der Waals surface area (Å²) < 4.78 is 11.3. The van der Waals surface area contributed by atoms with Crippen molar-refractivity contribution in [2.75, 3.05) is 11.9 Å². The molecule has 4 aromatic rings. The fourth-order valence-electron chi connectivity index (χ4n) is 3.39. The molecular weight excluding hydrogens is 360 g/mol. The number of benzene rings is 2. The van der Waals surface area contributed by atoms with Crippen molar-refractivity contribution in [2.24, 2.45) is 0 Å². The predicted octanol–water partition coefficient (Wildman–Crippen LogP) is 5.11. The normalized spacial score (nSPS) is 12.0. The first kappa shape index (κ1) is 16.1. The van der Waals surface area contributed by atoms with E-state index in [0.29, 0.717) is 23.1 Å². The molecule has 1 amide bonds. The molecule has 134 valence electrons. The first-order valence-corrected chi connectivity index (χ1v) is 9.59. The van der Waals surface area contributed by atoms with Crippen molar-refractivity contribution >= 4 is 33.3 Å². The van der Waals surface area contributed by atoms with Gasteiger partial charge < -0.3 is 9.15 Å². The molecule has 1 aliphatic rings. The summed E-state index contributed by atoms with van der Waals surface area (Å²) in [5.41, 5.74) is 3.98. The second-order valence-electron chi connectivity index (χ2n) is 6.30. The molecule has 6 heteroatoms. The maximum absolute atomic E-state index is 12.6. The van der Waals surface area contributed by atoms with Crippen LogP contribution in [-0.2, 0) is 6.42 Å². The monoisotopic (exact) mass is 376 g/mol. The Morgan fingerprint density at radius 2 is 2.15 bits per heavy atom. The lowest BCUT2D eigenvalue weighted by atomic mass is 10.1. The quantitative estimate of drug-likeness (QED) is 0.473. The SMILES string of the molecule is CCOc1cccc2cc(C(=O)Nc3nc4c(s3)Cc3ccccc3-4)oc12. The fourth-order valence-corrected chi connectivity index (χ4v) is 4.38. The van der Waals surface area contributed by atoms with Crippen LogP contribution in [0.3, 0.4) is 0 Å². The minimum absolute atomic E-state index is 0.243. The highest BCUT2D eigenvalue weighted by Gasteiger charge is 2.24. The molecule has 2 aromatic heterocycles. The van der Waals surface area contributed by atoms with E-state index in [9.17, 15) is 4.79 Å². The van der Waals surface area contributed by atoms with Crippen LogP contribution in [0.4, 0.5) is 5.13 Å². The van der Waals surface area contributed by atoms with Crippen LogP contribution in [0.25, 0.3) is 22.2 Å². The topological polar surface area (TPSA) is 64.4 Å². The molecule has 0 aliphatic heterocycles. The Morgan fingerprint density at radius 3 is 3.04 bits per heavy atom. The summed E-state index contributed by atoms with van der Waals surface area (Å²) in [5.74, 6) is 0.571. The van der Waals surface area contributed by atoms with Crippen molar-refractivity contribution < 1.29 is 13.9 Å². The van der Waals surface area contributed by atoms with Gasteiger partial charge in [-0.1, -0.05) is 36.4 Å². The fraction of sp³-hybridized carbons (Fsp3) is 0.143. The highest BCUT2D eigenvalue weighted by Crippen LogP contribution is 2.41. The second kappa shape index (κ2) is 6.25. The van der Waals surface area contributed by atoms with Crippen LogP contribution >= 0.6 is 11.3 Å². The zero-order valence-electron chi connectivity index (χ0n) is 14.6. The summed E-state index contributed by atoms with van der Waals surface area (Å²) in [6.07, 6.45) is 0.862. The number of carbonyl (C=O) groups is 1. The first-order chi connectivity index (χ1) is 13.2. The van der Waals surface area contributed by atoms with E-state index in [4.69, 9.17) is 9.15 Å². The van der Waals surface area contributed by atoms with E-state index < -0.39 is 0 Å². The van der Waals surface area contributed by atoms with Crippen LogP contribution in [0.5, 0.6) is 5.75 Å². The number of rotatable bonds is 4. The lowest BCUT2D eigenvalue weighted by Gasteiger charge is -2.02. The molecule has 27 heavy (non-hydrogen) atoms. The third-order valence-corrected chi connectivity index (χ3v) is 5.54. The van der Waals surface area contributed by atoms with E-state index in [0.717, 1.165) is 23.1 Å². The zero-order valence-corrected chi connectivity index (χ0v) is 15.4. The molecule has 5 nitrogen and oxygen atoms in total. The number of amides is 1. The lowest BCUT2D eigenvalue weighted by Crippen LogP contribution is -2.10. The van der Waals surface area contributed by atoms with E-state index >= 15 is 0 Å². The van der Waals surface area contributed by atoms with Crippen LogP contribution in [0, 0.1) is 0 Å². The Labute approximate surface area is 159 Å². The Kier molecular flexibility index (Phi) is 3.72. The van der Waals surface area contributed by atoms with Gasteiger partial charge in [-0.05, 0) is 24.6 Å². The van der Waals surface area contributed by atoms with Gasteiger partial charge in [-0.2, -0.15) is 0 Å². The molecular formula is C21H16N2O3S. The number of nitrogens with zero attached hydrogens (tertiary/aromatic N) is 1. The number of aromatic nitrogens is 1. The Balaban J connectivity index is 1.42. The minimum atomic E-state index is -0.311. The number of carbonyl (C=O) groups excluding carboxylic acids is 1. The number of para-hydroxylation sites is 1. The van der Waals surface area contributed by atoms with Crippen LogP contribution < -0.4 is 10.1 Å². The highest BCUT2D eigenvalue weighted by atomic mass is 32.1. The van der Waals surface area contributed by atoms with Crippen molar-refractivity contribution in [3.8, 4) is 17.0 Å². The maximum atomic E-state index is 12.6. The molecule has 2 heterocycles. The molecule has 1 aliphatic carbocycles. The average Bonchev–Trinajstić information content (AvgIpc) is 3.34. The Morgan fingerprint density at radius 1 is 1.26 bits per heavy atom. The molecule has 1 N–H and O–H groups in total. The number of anilines is 1. The third kappa shape index (κ3) is 2.69. The van der Waals surface area contributed by atoms with Crippen LogP contribution in [-0.4, -0.2) is 17.5 Å². The minimum Gasteiger partial charge on any atom is -0.490 e. The average molecular weight is 376 g/mol. The van der Waals surface area contributed by atoms with Crippen molar-refractivity contribution in [2.45, 2.75) is 13.3 Å². The molecule has 0 spiro atoms. The van der Waals surface area contributed by atoms with Gasteiger partial charge in [0.25, 0.3) is 5.91 Å². The van der Waals surface area contributed by atoms with Crippen molar-refractivity contribution in [3.05, 3.63) is 64.7 Å². The van der Waals surface area contributed by atoms with Gasteiger partial charge >= 0.3 is 0 Å². The highest BCUT2D eigenvalue weighted by molar-refractivity contribution is 7.16. The van der Waals surface area contributed by atoms with Crippen molar-refractivity contribution in [3.63, 3.8) is 0 Å². The number of nitrogens with one attached hydrogen (secondary N) is 1. The summed E-state index contributed by atoms with van der Waals surface area (Å²) in [7, 11) is 0. The smallest absolute Gasteiger partial charge is 0.293 e. The van der Waals surface area contributed by atoms with Crippen LogP contribution in [0.15, 0.2) is 52.9 Å². The second-order valence-corrected chi connectivity index (χ2v) is 7.38. The molecule has 2 aromatic carbocycles. The first-order valence-electron chi connectivity index (χ1n) is 8.77. The summed E-state index contributed by atoms with van der Waals surface area (Å²) in [6, 6.07) is 15.6. The molecule has 0 bridgehead atoms. The van der Waals surface area contributed by atoms with Gasteiger partial charge in [-0.25, -0.2) is 4.98 Å². The maximum Gasteiger partial charge on any atom is 0.293 e. The van der Waals surface area contributed by atoms with E-state index in [1.54, 1.807) is 6.07 Å². The Hall–Kier alpha value is -3.12. The van der Waals surface area contributed by atoms with Gasteiger partial charge in [0.2, 0.25) is 0 Å². The third-order valence-electron chi connectivity index (χ3n) is 4.57. The molecule has 0 saturated carbocycles. The van der Waals surface area contributed by atoms with Crippen LogP contribution in [0.2, 0.25) is 0 Å². The molecule has 0 fully saturated rings. The number of thiazole rings is 1. The number of ether oxygens (including phenoxy) is 1. The van der Waals surface area contributed by atoms with Crippen LogP contribution in [0.1, 0.15) is 27.9 Å². The number of hydrogen-bond donors (Lipinski definition) is 1. The number of fused-ring (bicyclic) bond motifs is 4. The summed E-state index contributed by atoms with van der Waals surface area (Å²) in [4.78, 5) is 18.4. The van der Waals surface area contributed by atoms with E-state index in [1.807, 2.05) is 37.3 Å². The largest absolute Gasteiger partial charge is 0.490 e. The number of hydrogen-bond acceptors (Lipinski definition) is 5. The van der Waals surface area contributed by atoms with Gasteiger partial charge in [-0.15, -0.1) is 11.3 Å². The molecule has 0 unspecified atom stereocenters. The number of furan rings is 1. The van der Waals surface area contributed by atoms with E-state index in [2.05, 4.69) is 22.4 Å². The van der Waals surface area contributed by atoms with Gasteiger partial charge in [0, 0.05) is 22.2 Å². The van der Waals surface area contributed by atoms with Gasteiger partial charge in [0.05, 0.1) is 12.3 Å². The summed E-state index contributed by atoms with van der Waals surface area (Å²) in [6.45, 7) is 2.45. The van der Waals surface area contributed by atoms with E-state index in [-0.39, 0.29) is 11.7 Å². The Bertz CT molecular complexity index is 1180. The van der Waals surface area contributed by atoms with Crippen molar-refractivity contribution in [1.29, 1.82) is 0 Å². The van der Waals surface area contributed by atoms with Gasteiger partial charge in [-0.3, -0.25) is 10.1 Å². The molecule has 0 saturated heterocycles. The summed E-state index contributed by atoms with van der Waals surface area (Å²) in [5, 5.41) is 4.29. The standard InChI is InChI=1S/C21H16N2O3S/c1-2-25-15-9-5-7-13-10-16(26-19(13)15)20(24)23-21-22-18-14-8-4-3-6-12(14)11-17(18)27-21/h3-10H,2,11H2,1H3,(H,22,23,24). The molecule has 0 atom stereocenters. The van der Waals surface area contributed by atoms with E-state index in [1.165, 1.54) is 21.8 Å². The van der Waals surface area contributed by atoms with Crippen molar-refractivity contribution in [1.82, 2.24) is 4.98 Å². The summed E-state index contributed by atoms with van der Waals surface area (Å²) >= 11 is 1.51. The van der Waals surface area contributed by atoms with Gasteiger partial charge in [0.15, 0.2) is 22.2 Å². The molecule has 5 rings (SSSR count). The zero-order chi connectivity index (χ0) is 18.4. The van der Waals surface area contributed by atoms with Gasteiger partial charge in [0.1, 0.15) is 0 Å².